The highest BCUT2D eigenvalue weighted by Crippen LogP contribution is 2.49. The molecule has 0 spiro atoms. The molecule has 2 heteroatoms. The van der Waals surface area contributed by atoms with E-state index in [0.29, 0.717) is 16.9 Å². The van der Waals surface area contributed by atoms with Gasteiger partial charge in [0.2, 0.25) is 0 Å². The number of rotatable bonds is 3. The van der Waals surface area contributed by atoms with Crippen LogP contribution in [0.5, 0.6) is 0 Å². The molecule has 21 heavy (non-hydrogen) atoms. The van der Waals surface area contributed by atoms with E-state index >= 15 is 0 Å². The first-order valence-electron chi connectivity index (χ1n) is 8.63. The topological polar surface area (TPSA) is 26.3 Å². The van der Waals surface area contributed by atoms with Crippen LogP contribution in [0.4, 0.5) is 0 Å². The van der Waals surface area contributed by atoms with E-state index in [1.807, 2.05) is 0 Å². The van der Waals surface area contributed by atoms with Gasteiger partial charge in [0, 0.05) is 5.57 Å². The minimum atomic E-state index is -0.185. The van der Waals surface area contributed by atoms with Crippen LogP contribution in [-0.4, -0.2) is 11.6 Å². The van der Waals surface area contributed by atoms with Crippen molar-refractivity contribution in [3.8, 4) is 0 Å². The molecule has 0 amide bonds. The Morgan fingerprint density at radius 1 is 1.10 bits per heavy atom. The first-order valence-corrected chi connectivity index (χ1v) is 8.63. The first kappa shape index (κ1) is 16.6. The normalized spacial score (nSPS) is 29.1. The van der Waals surface area contributed by atoms with Crippen LogP contribution in [0.1, 0.15) is 79.1 Å². The highest BCUT2D eigenvalue weighted by molar-refractivity contribution is 5.87. The summed E-state index contributed by atoms with van der Waals surface area (Å²) in [6.45, 7) is 12.5. The van der Waals surface area contributed by atoms with Gasteiger partial charge in [0.1, 0.15) is 5.60 Å². The van der Waals surface area contributed by atoms with Gasteiger partial charge in [-0.2, -0.15) is 0 Å². The molecule has 0 aromatic carbocycles. The highest BCUT2D eigenvalue weighted by Gasteiger charge is 2.46. The van der Waals surface area contributed by atoms with Gasteiger partial charge in [-0.05, 0) is 75.5 Å². The third kappa shape index (κ3) is 3.70. The van der Waals surface area contributed by atoms with E-state index in [1.54, 1.807) is 6.92 Å². The summed E-state index contributed by atoms with van der Waals surface area (Å²) in [4.78, 5) is 12.0. The van der Waals surface area contributed by atoms with Crippen molar-refractivity contribution >= 4 is 5.97 Å². The van der Waals surface area contributed by atoms with Crippen LogP contribution in [0.3, 0.4) is 0 Å². The fourth-order valence-corrected chi connectivity index (χ4v) is 4.32. The molecule has 0 aromatic rings. The van der Waals surface area contributed by atoms with Crippen molar-refractivity contribution in [2.24, 2.45) is 17.3 Å². The van der Waals surface area contributed by atoms with Gasteiger partial charge in [0.25, 0.3) is 0 Å². The van der Waals surface area contributed by atoms with Gasteiger partial charge in [-0.1, -0.05) is 27.4 Å². The van der Waals surface area contributed by atoms with E-state index in [4.69, 9.17) is 4.74 Å². The number of carbonyl (C=O) groups excluding carboxylic acids is 1. The Morgan fingerprint density at radius 3 is 2.05 bits per heavy atom. The number of ether oxygens (including phenoxy) is 1. The van der Waals surface area contributed by atoms with Crippen molar-refractivity contribution in [3.05, 3.63) is 12.2 Å². The Balaban J connectivity index is 2.04. The molecule has 2 saturated carbocycles. The fourth-order valence-electron chi connectivity index (χ4n) is 4.32. The van der Waals surface area contributed by atoms with Crippen molar-refractivity contribution in [1.29, 1.82) is 0 Å². The van der Waals surface area contributed by atoms with Gasteiger partial charge in [0.05, 0.1) is 0 Å². The molecule has 0 bridgehead atoms. The summed E-state index contributed by atoms with van der Waals surface area (Å²) in [5, 5.41) is 0. The molecule has 2 nitrogen and oxygen atoms in total. The lowest BCUT2D eigenvalue weighted by atomic mass is 9.66. The molecule has 2 aliphatic carbocycles. The van der Waals surface area contributed by atoms with Gasteiger partial charge in [0.15, 0.2) is 0 Å². The molecule has 0 aromatic heterocycles. The number of hydrogen-bond acceptors (Lipinski definition) is 2. The molecule has 0 saturated heterocycles. The van der Waals surface area contributed by atoms with Crippen LogP contribution in [0.15, 0.2) is 12.2 Å². The summed E-state index contributed by atoms with van der Waals surface area (Å²) >= 11 is 0. The van der Waals surface area contributed by atoms with Gasteiger partial charge in [-0.3, -0.25) is 0 Å². The second-order valence-electron chi connectivity index (χ2n) is 8.36. The van der Waals surface area contributed by atoms with Crippen molar-refractivity contribution in [2.45, 2.75) is 84.7 Å². The molecule has 2 rings (SSSR count). The SMILES string of the molecule is C=C(C)C(=O)OC1(C2CCC(C(C)(C)C)CC2)CCCC1. The molecular weight excluding hydrogens is 260 g/mol. The zero-order valence-electron chi connectivity index (χ0n) is 14.3. The summed E-state index contributed by atoms with van der Waals surface area (Å²) in [6, 6.07) is 0. The molecule has 0 radical (unpaired) electrons. The zero-order valence-corrected chi connectivity index (χ0v) is 14.3. The maximum Gasteiger partial charge on any atom is 0.333 e. The highest BCUT2D eigenvalue weighted by atomic mass is 16.6. The minimum Gasteiger partial charge on any atom is -0.455 e. The van der Waals surface area contributed by atoms with Gasteiger partial charge < -0.3 is 4.74 Å². The molecular formula is C19H32O2. The van der Waals surface area contributed by atoms with Crippen molar-refractivity contribution in [2.75, 3.05) is 0 Å². The van der Waals surface area contributed by atoms with Crippen LogP contribution in [0.2, 0.25) is 0 Å². The van der Waals surface area contributed by atoms with Crippen LogP contribution in [0.25, 0.3) is 0 Å². The predicted octanol–water partition coefficient (Wildman–Crippen LogP) is 5.27. The van der Waals surface area contributed by atoms with E-state index in [0.717, 1.165) is 18.8 Å². The summed E-state index contributed by atoms with van der Waals surface area (Å²) in [6.07, 6.45) is 9.48. The Kier molecular flexibility index (Phi) is 4.85. The Morgan fingerprint density at radius 2 is 1.62 bits per heavy atom. The van der Waals surface area contributed by atoms with Gasteiger partial charge in [-0.15, -0.1) is 0 Å². The number of esters is 1. The summed E-state index contributed by atoms with van der Waals surface area (Å²) in [5.74, 6) is 1.18. The number of carbonyl (C=O) groups is 1. The maximum atomic E-state index is 12.0. The molecule has 2 aliphatic rings. The van der Waals surface area contributed by atoms with Crippen LogP contribution in [-0.2, 0) is 9.53 Å². The van der Waals surface area contributed by atoms with Crippen LogP contribution in [0, 0.1) is 17.3 Å². The second-order valence-corrected chi connectivity index (χ2v) is 8.36. The predicted molar refractivity (Wildman–Crippen MR) is 87.0 cm³/mol. The first-order chi connectivity index (χ1) is 9.74. The minimum absolute atomic E-state index is 0.182. The van der Waals surface area contributed by atoms with E-state index in [2.05, 4.69) is 27.4 Å². The molecule has 0 aliphatic heterocycles. The Hall–Kier alpha value is -0.790. The molecule has 0 unspecified atom stereocenters. The Bertz CT molecular complexity index is 388. The zero-order chi connectivity index (χ0) is 15.7. The average Bonchev–Trinajstić information content (AvgIpc) is 2.87. The number of hydrogen-bond donors (Lipinski definition) is 0. The standard InChI is InChI=1S/C19H32O2/c1-14(2)17(20)21-19(12-6-7-13-19)16-10-8-15(9-11-16)18(3,4)5/h15-16H,1,6-13H2,2-5H3. The molecule has 120 valence electrons. The van der Waals surface area contributed by atoms with E-state index in [-0.39, 0.29) is 11.6 Å². The third-order valence-corrected chi connectivity index (χ3v) is 5.79. The summed E-state index contributed by atoms with van der Waals surface area (Å²) in [7, 11) is 0. The van der Waals surface area contributed by atoms with Gasteiger partial charge >= 0.3 is 5.97 Å². The fraction of sp³-hybridized carbons (Fsp3) is 0.842. The monoisotopic (exact) mass is 292 g/mol. The molecule has 0 N–H and O–H groups in total. The lowest BCUT2D eigenvalue weighted by molar-refractivity contribution is -0.163. The summed E-state index contributed by atoms with van der Waals surface area (Å²) < 4.78 is 5.98. The second kappa shape index (κ2) is 6.14. The van der Waals surface area contributed by atoms with Crippen LogP contribution < -0.4 is 0 Å². The van der Waals surface area contributed by atoms with E-state index < -0.39 is 0 Å². The lowest BCUT2D eigenvalue weighted by Crippen LogP contribution is -2.43. The molecule has 0 atom stereocenters. The van der Waals surface area contributed by atoms with Crippen molar-refractivity contribution in [1.82, 2.24) is 0 Å². The van der Waals surface area contributed by atoms with Crippen molar-refractivity contribution < 1.29 is 9.53 Å². The lowest BCUT2D eigenvalue weighted by Gasteiger charge is -2.44. The maximum absolute atomic E-state index is 12.0. The largest absolute Gasteiger partial charge is 0.455 e. The smallest absolute Gasteiger partial charge is 0.333 e. The van der Waals surface area contributed by atoms with Crippen molar-refractivity contribution in [3.63, 3.8) is 0 Å². The molecule has 0 heterocycles. The quantitative estimate of drug-likeness (QED) is 0.523. The van der Waals surface area contributed by atoms with Crippen LogP contribution >= 0.6 is 0 Å². The Labute approximate surface area is 130 Å². The van der Waals surface area contributed by atoms with E-state index in [1.165, 1.54) is 38.5 Å². The summed E-state index contributed by atoms with van der Waals surface area (Å²) in [5.41, 5.74) is 0.755. The third-order valence-electron chi connectivity index (χ3n) is 5.79. The molecule has 2 fully saturated rings. The van der Waals surface area contributed by atoms with E-state index in [9.17, 15) is 4.79 Å². The van der Waals surface area contributed by atoms with Gasteiger partial charge in [-0.25, -0.2) is 4.79 Å². The average molecular weight is 292 g/mol.